The van der Waals surface area contributed by atoms with E-state index < -0.39 is 30.2 Å². The quantitative estimate of drug-likeness (QED) is 0.606. The molecule has 132 valence electrons. The Morgan fingerprint density at radius 2 is 2.04 bits per heavy atom. The van der Waals surface area contributed by atoms with Crippen molar-refractivity contribution in [2.45, 2.75) is 32.5 Å². The van der Waals surface area contributed by atoms with E-state index in [1.165, 1.54) is 6.92 Å². The maximum atomic E-state index is 13.8. The van der Waals surface area contributed by atoms with Crippen LogP contribution in [-0.2, 0) is 11.2 Å². The van der Waals surface area contributed by atoms with Crippen LogP contribution in [0.4, 0.5) is 13.2 Å². The Balaban J connectivity index is 2.56. The summed E-state index contributed by atoms with van der Waals surface area (Å²) in [7, 11) is 3.46. The summed E-state index contributed by atoms with van der Waals surface area (Å²) in [5.74, 6) is -1.47. The molecule has 1 aliphatic carbocycles. The highest BCUT2D eigenvalue weighted by Crippen LogP contribution is 2.31. The van der Waals surface area contributed by atoms with Crippen molar-refractivity contribution in [2.75, 3.05) is 20.7 Å². The van der Waals surface area contributed by atoms with Crippen LogP contribution in [0.25, 0.3) is 0 Å². The summed E-state index contributed by atoms with van der Waals surface area (Å²) in [5.41, 5.74) is -0.0322. The molecule has 0 radical (unpaired) electrons. The maximum Gasteiger partial charge on any atom is 0.357 e. The molecule has 1 unspecified atom stereocenters. The minimum atomic E-state index is -3.38. The van der Waals surface area contributed by atoms with Crippen LogP contribution in [0.1, 0.15) is 46.2 Å². The zero-order valence-electron chi connectivity index (χ0n) is 13.6. The normalized spacial score (nSPS) is 17.1. The highest BCUT2D eigenvalue weighted by atomic mass is 19.3. The SMILES string of the molecule is CCOC(=O)c1c2c(nn1C(F)C(F)F)C(=O)C(=CN(C)C)CC2. The highest BCUT2D eigenvalue weighted by molar-refractivity contribution is 6.10. The third-order valence-corrected chi connectivity index (χ3v) is 3.48. The Morgan fingerprint density at radius 3 is 2.58 bits per heavy atom. The fraction of sp³-hybridized carbons (Fsp3) is 0.533. The number of rotatable bonds is 5. The number of halogens is 3. The summed E-state index contributed by atoms with van der Waals surface area (Å²) in [5, 5.41) is 3.67. The number of nitrogens with zero attached hydrogens (tertiary/aromatic N) is 3. The minimum Gasteiger partial charge on any atom is -0.461 e. The molecule has 0 bridgehead atoms. The lowest BCUT2D eigenvalue weighted by atomic mass is 9.90. The number of aromatic nitrogens is 2. The van der Waals surface area contributed by atoms with Gasteiger partial charge in [-0.1, -0.05) is 0 Å². The van der Waals surface area contributed by atoms with Crippen LogP contribution < -0.4 is 0 Å². The summed E-state index contributed by atoms with van der Waals surface area (Å²) in [6.45, 7) is 1.53. The number of esters is 1. The van der Waals surface area contributed by atoms with Gasteiger partial charge >= 0.3 is 5.97 Å². The lowest BCUT2D eigenvalue weighted by Crippen LogP contribution is -2.21. The van der Waals surface area contributed by atoms with Crippen LogP contribution in [0.15, 0.2) is 11.8 Å². The molecule has 0 spiro atoms. The number of Topliss-reactive ketones (excluding diaryl/α,β-unsaturated/α-hetero) is 1. The Labute approximate surface area is 136 Å². The average Bonchev–Trinajstić information content (AvgIpc) is 2.89. The van der Waals surface area contributed by atoms with Crippen molar-refractivity contribution >= 4 is 11.8 Å². The lowest BCUT2D eigenvalue weighted by molar-refractivity contribution is -0.00278. The Morgan fingerprint density at radius 1 is 1.38 bits per heavy atom. The van der Waals surface area contributed by atoms with Crippen molar-refractivity contribution in [3.63, 3.8) is 0 Å². The molecule has 1 heterocycles. The first-order valence-corrected chi connectivity index (χ1v) is 7.40. The van der Waals surface area contributed by atoms with Gasteiger partial charge in [0.25, 0.3) is 12.7 Å². The van der Waals surface area contributed by atoms with Gasteiger partial charge in [0.15, 0.2) is 5.69 Å². The van der Waals surface area contributed by atoms with Crippen LogP contribution in [0.5, 0.6) is 0 Å². The molecule has 24 heavy (non-hydrogen) atoms. The second-order valence-electron chi connectivity index (χ2n) is 5.49. The molecule has 0 saturated carbocycles. The van der Waals surface area contributed by atoms with Gasteiger partial charge in [0.2, 0.25) is 5.78 Å². The lowest BCUT2D eigenvalue weighted by Gasteiger charge is -2.16. The monoisotopic (exact) mass is 345 g/mol. The van der Waals surface area contributed by atoms with Gasteiger partial charge < -0.3 is 9.64 Å². The Bertz CT molecular complexity index is 683. The standard InChI is InChI=1S/C15H18F3N3O3/c1-4-24-15(23)11-9-6-5-8(7-20(2)3)12(22)10(9)19-21(11)14(18)13(16)17/h7,13-14H,4-6H2,1-3H3. The molecule has 1 aromatic heterocycles. The predicted octanol–water partition coefficient (Wildman–Crippen LogP) is 2.37. The number of alkyl halides is 3. The molecule has 0 N–H and O–H groups in total. The Kier molecular flexibility index (Phi) is 5.30. The number of carbonyl (C=O) groups is 2. The van der Waals surface area contributed by atoms with Crippen molar-refractivity contribution < 1.29 is 27.5 Å². The van der Waals surface area contributed by atoms with Gasteiger partial charge in [0.1, 0.15) is 5.69 Å². The third-order valence-electron chi connectivity index (χ3n) is 3.48. The fourth-order valence-corrected chi connectivity index (χ4v) is 2.55. The number of ketones is 1. The summed E-state index contributed by atoms with van der Waals surface area (Å²) < 4.78 is 44.4. The molecule has 0 saturated heterocycles. The number of hydrogen-bond donors (Lipinski definition) is 0. The summed E-state index contributed by atoms with van der Waals surface area (Å²) in [6.07, 6.45) is -4.11. The topological polar surface area (TPSA) is 64.4 Å². The van der Waals surface area contributed by atoms with Gasteiger partial charge in [0, 0.05) is 31.4 Å². The molecular weight excluding hydrogens is 327 g/mol. The van der Waals surface area contributed by atoms with Crippen molar-refractivity contribution in [1.82, 2.24) is 14.7 Å². The summed E-state index contributed by atoms with van der Waals surface area (Å²) in [4.78, 5) is 26.2. The van der Waals surface area contributed by atoms with E-state index >= 15 is 0 Å². The highest BCUT2D eigenvalue weighted by Gasteiger charge is 2.37. The van der Waals surface area contributed by atoms with Gasteiger partial charge in [-0.05, 0) is 19.8 Å². The smallest absolute Gasteiger partial charge is 0.357 e. The molecule has 0 amide bonds. The van der Waals surface area contributed by atoms with Crippen LogP contribution in [0, 0.1) is 0 Å². The van der Waals surface area contributed by atoms with Crippen LogP contribution in [0.2, 0.25) is 0 Å². The van der Waals surface area contributed by atoms with Crippen LogP contribution in [-0.4, -0.2) is 53.6 Å². The van der Waals surface area contributed by atoms with E-state index in [1.807, 2.05) is 0 Å². The molecule has 9 heteroatoms. The number of hydrogen-bond acceptors (Lipinski definition) is 5. The van der Waals surface area contributed by atoms with E-state index in [-0.39, 0.29) is 29.0 Å². The van der Waals surface area contributed by atoms with Crippen molar-refractivity contribution in [2.24, 2.45) is 0 Å². The third kappa shape index (κ3) is 3.29. The van der Waals surface area contributed by atoms with E-state index in [0.717, 1.165) is 0 Å². The first-order chi connectivity index (χ1) is 11.3. The fourth-order valence-electron chi connectivity index (χ4n) is 2.55. The van der Waals surface area contributed by atoms with Gasteiger partial charge in [-0.2, -0.15) is 5.10 Å². The largest absolute Gasteiger partial charge is 0.461 e. The van der Waals surface area contributed by atoms with Gasteiger partial charge in [0.05, 0.1) is 6.61 Å². The molecular formula is C15H18F3N3O3. The molecule has 0 fully saturated rings. The molecule has 0 aromatic carbocycles. The van der Waals surface area contributed by atoms with E-state index in [4.69, 9.17) is 4.74 Å². The van der Waals surface area contributed by atoms with Gasteiger partial charge in [-0.3, -0.25) is 4.79 Å². The van der Waals surface area contributed by atoms with Crippen LogP contribution >= 0.6 is 0 Å². The zero-order chi connectivity index (χ0) is 18.0. The summed E-state index contributed by atoms with van der Waals surface area (Å²) >= 11 is 0. The van der Waals surface area contributed by atoms with E-state index in [0.29, 0.717) is 12.0 Å². The van der Waals surface area contributed by atoms with Crippen molar-refractivity contribution in [3.8, 4) is 0 Å². The van der Waals surface area contributed by atoms with Crippen molar-refractivity contribution in [3.05, 3.63) is 28.7 Å². The molecule has 1 aromatic rings. The summed E-state index contributed by atoms with van der Waals surface area (Å²) in [6, 6.07) is 0. The van der Waals surface area contributed by atoms with E-state index in [1.54, 1.807) is 25.2 Å². The molecule has 2 rings (SSSR count). The second-order valence-corrected chi connectivity index (χ2v) is 5.49. The number of carbonyl (C=O) groups excluding carboxylic acids is 2. The second kappa shape index (κ2) is 7.06. The van der Waals surface area contributed by atoms with Gasteiger partial charge in [-0.25, -0.2) is 22.6 Å². The van der Waals surface area contributed by atoms with E-state index in [2.05, 4.69) is 5.10 Å². The number of ether oxygens (including phenoxy) is 1. The maximum absolute atomic E-state index is 13.8. The first kappa shape index (κ1) is 18.0. The van der Waals surface area contributed by atoms with Gasteiger partial charge in [-0.15, -0.1) is 0 Å². The van der Waals surface area contributed by atoms with Crippen LogP contribution in [0.3, 0.4) is 0 Å². The molecule has 6 nitrogen and oxygen atoms in total. The zero-order valence-corrected chi connectivity index (χ0v) is 13.6. The predicted molar refractivity (Wildman–Crippen MR) is 78.8 cm³/mol. The minimum absolute atomic E-state index is 0.00978. The van der Waals surface area contributed by atoms with E-state index in [9.17, 15) is 22.8 Å². The van der Waals surface area contributed by atoms with Crippen molar-refractivity contribution in [1.29, 1.82) is 0 Å². The molecule has 1 atom stereocenters. The first-order valence-electron chi connectivity index (χ1n) is 7.40. The molecule has 1 aliphatic rings. The Hall–Kier alpha value is -2.32. The molecule has 0 aliphatic heterocycles. The number of fused-ring (bicyclic) bond motifs is 1. The number of allylic oxidation sites excluding steroid dienone is 1. The average molecular weight is 345 g/mol.